The molecule has 1 unspecified atom stereocenters. The molecule has 1 heterocycles. The second-order valence-corrected chi connectivity index (χ2v) is 3.52. The first-order valence-corrected chi connectivity index (χ1v) is 4.93. The van der Waals surface area contributed by atoms with Crippen molar-refractivity contribution in [2.45, 2.75) is 19.9 Å². The van der Waals surface area contributed by atoms with Gasteiger partial charge in [-0.2, -0.15) is 10.4 Å². The number of amides is 1. The van der Waals surface area contributed by atoms with Gasteiger partial charge in [-0.3, -0.25) is 9.48 Å². The van der Waals surface area contributed by atoms with Crippen LogP contribution in [0.2, 0.25) is 0 Å². The lowest BCUT2D eigenvalue weighted by atomic mass is 10.2. The Morgan fingerprint density at radius 1 is 1.62 bits per heavy atom. The Bertz CT molecular complexity index is 443. The third-order valence-electron chi connectivity index (χ3n) is 2.33. The molecular formula is C10H15N5O. The van der Waals surface area contributed by atoms with Crippen LogP contribution in [0.3, 0.4) is 0 Å². The maximum Gasteiger partial charge on any atom is 0.241 e. The lowest BCUT2D eigenvalue weighted by Crippen LogP contribution is -2.35. The molecule has 6 nitrogen and oxygen atoms in total. The minimum atomic E-state index is -0.410. The molecule has 0 aliphatic carbocycles. The SMILES string of the molecule is CNC(=O)C(C)Nc1c(C#N)c(C)nn1C. The van der Waals surface area contributed by atoms with Gasteiger partial charge in [0.1, 0.15) is 23.5 Å². The van der Waals surface area contributed by atoms with Crippen LogP contribution in [0, 0.1) is 18.3 Å². The minimum Gasteiger partial charge on any atom is -0.358 e. The Balaban J connectivity index is 2.98. The van der Waals surface area contributed by atoms with Crippen LogP contribution in [-0.2, 0) is 11.8 Å². The number of hydrogen-bond acceptors (Lipinski definition) is 4. The lowest BCUT2D eigenvalue weighted by Gasteiger charge is -2.13. The van der Waals surface area contributed by atoms with Gasteiger partial charge in [-0.1, -0.05) is 0 Å². The van der Waals surface area contributed by atoms with Crippen molar-refractivity contribution >= 4 is 11.7 Å². The van der Waals surface area contributed by atoms with E-state index in [4.69, 9.17) is 5.26 Å². The number of rotatable bonds is 3. The van der Waals surface area contributed by atoms with E-state index in [1.807, 2.05) is 0 Å². The van der Waals surface area contributed by atoms with E-state index in [-0.39, 0.29) is 5.91 Å². The normalized spacial score (nSPS) is 11.7. The van der Waals surface area contributed by atoms with E-state index in [2.05, 4.69) is 21.8 Å². The fourth-order valence-corrected chi connectivity index (χ4v) is 1.44. The highest BCUT2D eigenvalue weighted by molar-refractivity contribution is 5.84. The number of aryl methyl sites for hydroxylation is 2. The predicted octanol–water partition coefficient (Wildman–Crippen LogP) is 0.147. The third-order valence-corrected chi connectivity index (χ3v) is 2.33. The van der Waals surface area contributed by atoms with Gasteiger partial charge in [0.05, 0.1) is 5.69 Å². The van der Waals surface area contributed by atoms with Crippen LogP contribution >= 0.6 is 0 Å². The van der Waals surface area contributed by atoms with Crippen LogP contribution in [0.5, 0.6) is 0 Å². The molecule has 1 rings (SSSR count). The van der Waals surface area contributed by atoms with E-state index < -0.39 is 6.04 Å². The molecule has 0 bridgehead atoms. The molecule has 0 fully saturated rings. The molecule has 0 spiro atoms. The highest BCUT2D eigenvalue weighted by atomic mass is 16.2. The molecule has 0 aliphatic heterocycles. The molecular weight excluding hydrogens is 206 g/mol. The molecule has 86 valence electrons. The van der Waals surface area contributed by atoms with E-state index in [1.165, 1.54) is 0 Å². The molecule has 0 saturated carbocycles. The van der Waals surface area contributed by atoms with Gasteiger partial charge in [-0.25, -0.2) is 0 Å². The Labute approximate surface area is 94.2 Å². The van der Waals surface area contributed by atoms with Crippen molar-refractivity contribution in [2.75, 3.05) is 12.4 Å². The van der Waals surface area contributed by atoms with E-state index in [0.29, 0.717) is 17.1 Å². The summed E-state index contributed by atoms with van der Waals surface area (Å²) in [7, 11) is 3.30. The Morgan fingerprint density at radius 2 is 2.25 bits per heavy atom. The molecule has 1 aromatic rings. The molecule has 1 amide bonds. The van der Waals surface area contributed by atoms with Crippen molar-refractivity contribution in [2.24, 2.45) is 7.05 Å². The average Bonchev–Trinajstić information content (AvgIpc) is 2.52. The van der Waals surface area contributed by atoms with Gasteiger partial charge < -0.3 is 10.6 Å². The minimum absolute atomic E-state index is 0.136. The summed E-state index contributed by atoms with van der Waals surface area (Å²) in [5.74, 6) is 0.429. The van der Waals surface area contributed by atoms with Gasteiger partial charge in [-0.15, -0.1) is 0 Å². The van der Waals surface area contributed by atoms with Crippen LogP contribution < -0.4 is 10.6 Å². The Morgan fingerprint density at radius 3 is 2.75 bits per heavy atom. The summed E-state index contributed by atoms with van der Waals surface area (Å²) in [6, 6.07) is 1.66. The first-order valence-electron chi connectivity index (χ1n) is 4.93. The topological polar surface area (TPSA) is 82.7 Å². The highest BCUT2D eigenvalue weighted by Crippen LogP contribution is 2.17. The molecule has 1 aromatic heterocycles. The number of nitrogens with zero attached hydrogens (tertiary/aromatic N) is 3. The van der Waals surface area contributed by atoms with E-state index in [0.717, 1.165) is 0 Å². The van der Waals surface area contributed by atoms with Crippen LogP contribution in [0.4, 0.5) is 5.82 Å². The number of carbonyl (C=O) groups excluding carboxylic acids is 1. The van der Waals surface area contributed by atoms with Gasteiger partial charge in [0.15, 0.2) is 0 Å². The number of carbonyl (C=O) groups is 1. The van der Waals surface area contributed by atoms with Gasteiger partial charge in [0, 0.05) is 14.1 Å². The number of nitriles is 1. The number of aromatic nitrogens is 2. The van der Waals surface area contributed by atoms with Gasteiger partial charge >= 0.3 is 0 Å². The van der Waals surface area contributed by atoms with Crippen molar-refractivity contribution in [1.29, 1.82) is 5.26 Å². The molecule has 0 radical (unpaired) electrons. The number of nitrogens with one attached hydrogen (secondary N) is 2. The molecule has 6 heteroatoms. The second-order valence-electron chi connectivity index (χ2n) is 3.52. The standard InChI is InChI=1S/C10H15N5O/c1-6-8(5-11)9(15(4)14-6)13-7(2)10(16)12-3/h7,13H,1-4H3,(H,12,16). The van der Waals surface area contributed by atoms with Crippen LogP contribution in [-0.4, -0.2) is 28.8 Å². The van der Waals surface area contributed by atoms with Crippen LogP contribution in [0.15, 0.2) is 0 Å². The summed E-state index contributed by atoms with van der Waals surface area (Å²) in [6.45, 7) is 3.48. The Hall–Kier alpha value is -2.03. The number of hydrogen-bond donors (Lipinski definition) is 2. The van der Waals surface area contributed by atoms with Crippen LogP contribution in [0.25, 0.3) is 0 Å². The quantitative estimate of drug-likeness (QED) is 0.761. The summed E-state index contributed by atoms with van der Waals surface area (Å²) in [5.41, 5.74) is 1.12. The smallest absolute Gasteiger partial charge is 0.241 e. The number of anilines is 1. The first-order chi connectivity index (χ1) is 7.51. The summed E-state index contributed by atoms with van der Waals surface area (Å²) in [4.78, 5) is 11.3. The zero-order chi connectivity index (χ0) is 12.3. The summed E-state index contributed by atoms with van der Waals surface area (Å²) in [5, 5.41) is 18.6. The average molecular weight is 221 g/mol. The second kappa shape index (κ2) is 4.66. The summed E-state index contributed by atoms with van der Waals surface area (Å²) >= 11 is 0. The van der Waals surface area contributed by atoms with Crippen molar-refractivity contribution in [3.63, 3.8) is 0 Å². The fraction of sp³-hybridized carbons (Fsp3) is 0.500. The van der Waals surface area contributed by atoms with Crippen molar-refractivity contribution < 1.29 is 4.79 Å². The maximum atomic E-state index is 11.3. The lowest BCUT2D eigenvalue weighted by molar-refractivity contribution is -0.121. The molecule has 2 N–H and O–H groups in total. The van der Waals surface area contributed by atoms with Gasteiger partial charge in [0.25, 0.3) is 0 Å². The van der Waals surface area contributed by atoms with Crippen LogP contribution in [0.1, 0.15) is 18.2 Å². The molecule has 1 atom stereocenters. The predicted molar refractivity (Wildman–Crippen MR) is 59.8 cm³/mol. The van der Waals surface area contributed by atoms with Crippen molar-refractivity contribution in [3.05, 3.63) is 11.3 Å². The largest absolute Gasteiger partial charge is 0.358 e. The fourth-order valence-electron chi connectivity index (χ4n) is 1.44. The van der Waals surface area contributed by atoms with Gasteiger partial charge in [-0.05, 0) is 13.8 Å². The molecule has 0 aromatic carbocycles. The zero-order valence-electron chi connectivity index (χ0n) is 9.83. The summed E-state index contributed by atoms with van der Waals surface area (Å²) < 4.78 is 1.56. The van der Waals surface area contributed by atoms with E-state index in [9.17, 15) is 4.79 Å². The van der Waals surface area contributed by atoms with E-state index >= 15 is 0 Å². The maximum absolute atomic E-state index is 11.3. The highest BCUT2D eigenvalue weighted by Gasteiger charge is 2.17. The van der Waals surface area contributed by atoms with E-state index in [1.54, 1.807) is 32.6 Å². The monoisotopic (exact) mass is 221 g/mol. The van der Waals surface area contributed by atoms with Gasteiger partial charge in [0.2, 0.25) is 5.91 Å². The Kier molecular flexibility index (Phi) is 3.51. The van der Waals surface area contributed by atoms with Crippen molar-refractivity contribution in [3.8, 4) is 6.07 Å². The van der Waals surface area contributed by atoms with Crippen molar-refractivity contribution in [1.82, 2.24) is 15.1 Å². The summed E-state index contributed by atoms with van der Waals surface area (Å²) in [6.07, 6.45) is 0. The first kappa shape index (κ1) is 12.0. The molecule has 0 aliphatic rings. The molecule has 0 saturated heterocycles. The third kappa shape index (κ3) is 2.14. The zero-order valence-corrected chi connectivity index (χ0v) is 9.83. The number of likely N-dealkylation sites (N-methyl/N-ethyl adjacent to an activating group) is 1. The molecule has 16 heavy (non-hydrogen) atoms.